The lowest BCUT2D eigenvalue weighted by molar-refractivity contribution is 1.22. The van der Waals surface area contributed by atoms with Crippen LogP contribution < -0.4 is 0 Å². The summed E-state index contributed by atoms with van der Waals surface area (Å²) in [4.78, 5) is 2.28. The molecule has 0 radical (unpaired) electrons. The van der Waals surface area contributed by atoms with E-state index in [1.165, 1.54) is 11.1 Å². The summed E-state index contributed by atoms with van der Waals surface area (Å²) in [5.41, 5.74) is 5.78. The standard InChI is InChI=1S/C26H22N4S/c1-19-3-7-21(8-4-19)27-29-23-11-15-25(16-12-23)31-26-17-13-24(14-18-26)30-28-22-9-5-20(2)6-10-22/h3-18H,1-2H3. The Morgan fingerprint density at radius 1 is 0.387 bits per heavy atom. The molecule has 0 spiro atoms. The molecule has 4 aromatic rings. The third kappa shape index (κ3) is 6.20. The molecule has 0 bridgehead atoms. The fraction of sp³-hybridized carbons (Fsp3) is 0.0769. The van der Waals surface area contributed by atoms with Crippen LogP contribution in [0.4, 0.5) is 22.7 Å². The summed E-state index contributed by atoms with van der Waals surface area (Å²) >= 11 is 1.69. The van der Waals surface area contributed by atoms with Crippen LogP contribution in [0, 0.1) is 13.8 Å². The second-order valence-corrected chi connectivity index (χ2v) is 8.31. The van der Waals surface area contributed by atoms with E-state index in [4.69, 9.17) is 0 Å². The monoisotopic (exact) mass is 422 g/mol. The van der Waals surface area contributed by atoms with Gasteiger partial charge < -0.3 is 0 Å². The van der Waals surface area contributed by atoms with Gasteiger partial charge in [0.15, 0.2) is 0 Å². The molecule has 0 heterocycles. The third-order valence-corrected chi connectivity index (χ3v) is 5.55. The van der Waals surface area contributed by atoms with Gasteiger partial charge in [-0.25, -0.2) is 0 Å². The highest BCUT2D eigenvalue weighted by atomic mass is 32.2. The summed E-state index contributed by atoms with van der Waals surface area (Å²) in [6.07, 6.45) is 0. The summed E-state index contributed by atoms with van der Waals surface area (Å²) in [6, 6.07) is 32.1. The molecule has 5 heteroatoms. The number of rotatable bonds is 6. The Labute approximate surface area is 186 Å². The Morgan fingerprint density at radius 2 is 0.645 bits per heavy atom. The smallest absolute Gasteiger partial charge is 0.0857 e. The highest BCUT2D eigenvalue weighted by Crippen LogP contribution is 2.31. The molecule has 0 amide bonds. The molecule has 4 aromatic carbocycles. The summed E-state index contributed by atoms with van der Waals surface area (Å²) in [7, 11) is 0. The largest absolute Gasteiger partial charge is 0.151 e. The first-order valence-electron chi connectivity index (χ1n) is 9.99. The van der Waals surface area contributed by atoms with Crippen LogP contribution in [0.3, 0.4) is 0 Å². The number of azo groups is 2. The van der Waals surface area contributed by atoms with E-state index >= 15 is 0 Å². The van der Waals surface area contributed by atoms with E-state index in [1.54, 1.807) is 11.8 Å². The Kier molecular flexibility index (Phi) is 6.65. The van der Waals surface area contributed by atoms with E-state index in [0.29, 0.717) is 0 Å². The van der Waals surface area contributed by atoms with Gasteiger partial charge in [0.1, 0.15) is 0 Å². The summed E-state index contributed by atoms with van der Waals surface area (Å²) in [5.74, 6) is 0. The Bertz CT molecular complexity index is 1080. The van der Waals surface area contributed by atoms with E-state index in [0.717, 1.165) is 32.5 Å². The molecule has 0 aromatic heterocycles. The molecule has 0 saturated heterocycles. The van der Waals surface area contributed by atoms with Gasteiger partial charge in [-0.3, -0.25) is 0 Å². The van der Waals surface area contributed by atoms with Crippen LogP contribution in [0.15, 0.2) is 127 Å². The predicted octanol–water partition coefficient (Wildman–Crippen LogP) is 9.29. The molecule has 0 saturated carbocycles. The molecule has 0 fully saturated rings. The fourth-order valence-corrected chi connectivity index (χ4v) is 3.57. The van der Waals surface area contributed by atoms with Crippen LogP contribution >= 0.6 is 11.8 Å². The molecule has 4 nitrogen and oxygen atoms in total. The molecule has 0 aliphatic carbocycles. The second-order valence-electron chi connectivity index (χ2n) is 7.16. The van der Waals surface area contributed by atoms with Crippen molar-refractivity contribution < 1.29 is 0 Å². The fourth-order valence-electron chi connectivity index (χ4n) is 2.75. The lowest BCUT2D eigenvalue weighted by Crippen LogP contribution is -1.74. The van der Waals surface area contributed by atoms with Gasteiger partial charge in [0.2, 0.25) is 0 Å². The molecular formula is C26H22N4S. The zero-order chi connectivity index (χ0) is 21.5. The number of nitrogens with zero attached hydrogens (tertiary/aromatic N) is 4. The van der Waals surface area contributed by atoms with Gasteiger partial charge in [-0.1, -0.05) is 47.2 Å². The minimum atomic E-state index is 0.830. The first-order valence-corrected chi connectivity index (χ1v) is 10.8. The molecule has 0 aliphatic heterocycles. The van der Waals surface area contributed by atoms with E-state index in [9.17, 15) is 0 Å². The zero-order valence-electron chi connectivity index (χ0n) is 17.4. The highest BCUT2D eigenvalue weighted by Gasteiger charge is 1.99. The van der Waals surface area contributed by atoms with Crippen molar-refractivity contribution in [3.8, 4) is 0 Å². The van der Waals surface area contributed by atoms with Crippen LogP contribution in [0.1, 0.15) is 11.1 Å². The van der Waals surface area contributed by atoms with E-state index in [2.05, 4.69) is 58.6 Å². The van der Waals surface area contributed by atoms with Crippen molar-refractivity contribution in [2.24, 2.45) is 20.5 Å². The predicted molar refractivity (Wildman–Crippen MR) is 128 cm³/mol. The zero-order valence-corrected chi connectivity index (χ0v) is 18.3. The average molecular weight is 423 g/mol. The maximum atomic E-state index is 4.31. The normalized spacial score (nSPS) is 11.4. The highest BCUT2D eigenvalue weighted by molar-refractivity contribution is 7.99. The van der Waals surface area contributed by atoms with Crippen LogP contribution in [0.2, 0.25) is 0 Å². The van der Waals surface area contributed by atoms with Gasteiger partial charge in [0.05, 0.1) is 22.7 Å². The van der Waals surface area contributed by atoms with Crippen molar-refractivity contribution in [3.05, 3.63) is 108 Å². The number of aryl methyl sites for hydroxylation is 2. The number of benzene rings is 4. The molecule has 31 heavy (non-hydrogen) atoms. The van der Waals surface area contributed by atoms with Crippen molar-refractivity contribution in [1.82, 2.24) is 0 Å². The van der Waals surface area contributed by atoms with Gasteiger partial charge in [-0.05, 0) is 86.6 Å². The van der Waals surface area contributed by atoms with Crippen LogP contribution in [-0.4, -0.2) is 0 Å². The summed E-state index contributed by atoms with van der Waals surface area (Å²) < 4.78 is 0. The Hall–Kier alpha value is -3.57. The molecule has 152 valence electrons. The lowest BCUT2D eigenvalue weighted by atomic mass is 10.2. The summed E-state index contributed by atoms with van der Waals surface area (Å²) in [6.45, 7) is 4.11. The van der Waals surface area contributed by atoms with Crippen molar-refractivity contribution in [1.29, 1.82) is 0 Å². The molecule has 0 aliphatic rings. The minimum absolute atomic E-state index is 0.830. The maximum Gasteiger partial charge on any atom is 0.0857 e. The van der Waals surface area contributed by atoms with Crippen molar-refractivity contribution in [2.45, 2.75) is 23.6 Å². The van der Waals surface area contributed by atoms with E-state index < -0.39 is 0 Å². The van der Waals surface area contributed by atoms with Crippen LogP contribution in [-0.2, 0) is 0 Å². The number of hydrogen-bond acceptors (Lipinski definition) is 5. The third-order valence-electron chi connectivity index (χ3n) is 4.54. The molecule has 0 N–H and O–H groups in total. The SMILES string of the molecule is Cc1ccc(N=Nc2ccc(Sc3ccc(N=Nc4ccc(C)cc4)cc3)cc2)cc1. The molecule has 0 atom stereocenters. The quantitative estimate of drug-likeness (QED) is 0.286. The van der Waals surface area contributed by atoms with Crippen LogP contribution in [0.25, 0.3) is 0 Å². The van der Waals surface area contributed by atoms with Crippen molar-refractivity contribution >= 4 is 34.5 Å². The average Bonchev–Trinajstić information content (AvgIpc) is 2.80. The van der Waals surface area contributed by atoms with Gasteiger partial charge in [-0.15, -0.1) is 0 Å². The first-order chi connectivity index (χ1) is 15.1. The molecule has 4 rings (SSSR count). The van der Waals surface area contributed by atoms with E-state index in [-0.39, 0.29) is 0 Å². The van der Waals surface area contributed by atoms with Gasteiger partial charge in [0, 0.05) is 9.79 Å². The van der Waals surface area contributed by atoms with Gasteiger partial charge in [-0.2, -0.15) is 20.5 Å². The minimum Gasteiger partial charge on any atom is -0.151 e. The molecular weight excluding hydrogens is 400 g/mol. The van der Waals surface area contributed by atoms with E-state index in [1.807, 2.05) is 72.8 Å². The number of hydrogen-bond donors (Lipinski definition) is 0. The molecule has 0 unspecified atom stereocenters. The lowest BCUT2D eigenvalue weighted by Gasteiger charge is -2.02. The van der Waals surface area contributed by atoms with Crippen molar-refractivity contribution in [2.75, 3.05) is 0 Å². The maximum absolute atomic E-state index is 4.31. The first kappa shape index (κ1) is 20.7. The second kappa shape index (κ2) is 9.96. The van der Waals surface area contributed by atoms with Crippen LogP contribution in [0.5, 0.6) is 0 Å². The van der Waals surface area contributed by atoms with Gasteiger partial charge >= 0.3 is 0 Å². The van der Waals surface area contributed by atoms with Crippen molar-refractivity contribution in [3.63, 3.8) is 0 Å². The van der Waals surface area contributed by atoms with Gasteiger partial charge in [0.25, 0.3) is 0 Å². The Morgan fingerprint density at radius 3 is 0.935 bits per heavy atom. The summed E-state index contributed by atoms with van der Waals surface area (Å²) in [5, 5.41) is 17.2. The topological polar surface area (TPSA) is 49.4 Å². The Balaban J connectivity index is 1.35.